The molecule has 18 heteroatoms. The maximum absolute atomic E-state index is 7.85. The zero-order valence-corrected chi connectivity index (χ0v) is 33.4. The minimum atomic E-state index is -3.78. The molecule has 4 aliphatic rings. The summed E-state index contributed by atoms with van der Waals surface area (Å²) in [6.07, 6.45) is 0. The molecule has 0 spiro atoms. The van der Waals surface area contributed by atoms with Gasteiger partial charge in [-0.05, 0) is 0 Å². The van der Waals surface area contributed by atoms with E-state index in [0.29, 0.717) is 130 Å². The van der Waals surface area contributed by atoms with Crippen LogP contribution in [0.1, 0.15) is 22.3 Å². The fraction of sp³-hybridized carbons (Fsp3) is 0. The van der Waals surface area contributed by atoms with E-state index in [2.05, 4.69) is 0 Å². The second-order valence-corrected chi connectivity index (χ2v) is 20.3. The Morgan fingerprint density at radius 3 is 1.02 bits per heavy atom. The zero-order valence-electron chi connectivity index (χ0n) is 24.2. The fourth-order valence-corrected chi connectivity index (χ4v) is 13.6. The number of halogens is 9. The van der Waals surface area contributed by atoms with Gasteiger partial charge in [0.05, 0.1) is 0 Å². The van der Waals surface area contributed by atoms with Crippen molar-refractivity contribution < 1.29 is 0 Å². The van der Waals surface area contributed by atoms with Crippen molar-refractivity contribution in [3.05, 3.63) is 122 Å². The van der Waals surface area contributed by atoms with Gasteiger partial charge >= 0.3 is 333 Å². The van der Waals surface area contributed by atoms with E-state index in [9.17, 15) is 0 Å². The molecule has 10 rings (SSSR count). The summed E-state index contributed by atoms with van der Waals surface area (Å²) in [5.41, 5.74) is 3.37. The van der Waals surface area contributed by atoms with Gasteiger partial charge in [-0.15, -0.1) is 0 Å². The van der Waals surface area contributed by atoms with Crippen molar-refractivity contribution in [2.24, 2.45) is 30.0 Å². The monoisotopic (exact) mass is 888 g/mol. The number of rotatable bonds is 0. The molecule has 0 atom stereocenters. The van der Waals surface area contributed by atoms with Gasteiger partial charge in [-0.2, -0.15) is 0 Å². The summed E-state index contributed by atoms with van der Waals surface area (Å²) in [6.45, 7) is 0. The van der Waals surface area contributed by atoms with E-state index in [4.69, 9.17) is 132 Å². The van der Waals surface area contributed by atoms with Crippen molar-refractivity contribution in [3.8, 4) is 0 Å². The van der Waals surface area contributed by atoms with Crippen molar-refractivity contribution in [2.75, 3.05) is 0 Å². The predicted molar refractivity (Wildman–Crippen MR) is 207 cm³/mol. The Morgan fingerprint density at radius 1 is 0.360 bits per heavy atom. The molecule has 8 nitrogen and oxygen atoms in total. The Morgan fingerprint density at radius 2 is 0.660 bits per heavy atom. The molecule has 4 aliphatic heterocycles. The van der Waals surface area contributed by atoms with Gasteiger partial charge in [-0.3, -0.25) is 0 Å². The van der Waals surface area contributed by atoms with Gasteiger partial charge in [0.25, 0.3) is 0 Å². The number of benzene rings is 4. The fourth-order valence-electron chi connectivity index (χ4n) is 6.55. The summed E-state index contributed by atoms with van der Waals surface area (Å²) in [7, 11) is 7.85. The van der Waals surface area contributed by atoms with Crippen LogP contribution in [0.2, 0.25) is 40.2 Å². The summed E-state index contributed by atoms with van der Waals surface area (Å²) in [5.74, 6) is 2.24. The molecular weight excluding hydrogens is 885 g/mol. The maximum atomic E-state index is 7.85. The van der Waals surface area contributed by atoms with Gasteiger partial charge in [0, 0.05) is 0 Å². The molecule has 6 heterocycles. The Bertz CT molecular complexity index is 2750. The number of hydrogen-bond donors (Lipinski definition) is 0. The van der Waals surface area contributed by atoms with Gasteiger partial charge < -0.3 is 0 Å². The van der Waals surface area contributed by atoms with Crippen LogP contribution < -0.4 is 11.0 Å². The van der Waals surface area contributed by atoms with E-state index in [0.717, 1.165) is 0 Å². The van der Waals surface area contributed by atoms with E-state index >= 15 is 0 Å². The van der Waals surface area contributed by atoms with E-state index < -0.39 is 15.7 Å². The molecule has 0 N–H and O–H groups in total. The van der Waals surface area contributed by atoms with Crippen molar-refractivity contribution in [1.29, 1.82) is 0 Å². The Hall–Kier alpha value is -2.51. The molecule has 0 radical (unpaired) electrons. The van der Waals surface area contributed by atoms with Crippen LogP contribution in [-0.4, -0.2) is 45.6 Å². The van der Waals surface area contributed by atoms with E-state index in [1.165, 1.54) is 0 Å². The predicted octanol–water partition coefficient (Wildman–Crippen LogP) is 10.4. The third-order valence-electron chi connectivity index (χ3n) is 8.78. The normalized spacial score (nSPS) is 15.3. The van der Waals surface area contributed by atoms with Crippen LogP contribution in [0.4, 0.5) is 11.6 Å². The Kier molecular flexibility index (Phi) is 7.23. The summed E-state index contributed by atoms with van der Waals surface area (Å²) in [5, 5.41) is 5.08. The summed E-state index contributed by atoms with van der Waals surface area (Å²) >= 11 is 49.0. The van der Waals surface area contributed by atoms with Crippen LogP contribution in [0.5, 0.6) is 0 Å². The van der Waals surface area contributed by atoms with Gasteiger partial charge in [-0.25, -0.2) is 0 Å². The van der Waals surface area contributed by atoms with Crippen molar-refractivity contribution in [3.63, 3.8) is 0 Å². The number of aromatic nitrogens is 2. The third kappa shape index (κ3) is 4.50. The standard InChI is InChI=1S/C32H8Cl8N8.ClH.Ga/c33-17-1-9-10(2-18(17)34)26-41-25(9)45-27-11-3-19(35)20(36)4-12(11)29(42-27)47-31-15-7-23(39)24(40)8-16(15)32(44-31)48-30-14-6-22(38)21(37)5-13(14)28(43-30)46-26;;/h1-8H;1H;/q-2;;+3/p-1. The number of fused-ring (bicyclic) bond motifs is 14. The third-order valence-corrected chi connectivity index (χ3v) is 17.5. The first-order chi connectivity index (χ1) is 24.0. The van der Waals surface area contributed by atoms with Crippen LogP contribution in [0.3, 0.4) is 0 Å². The molecular formula is C32H8Cl9GaN8. The summed E-state index contributed by atoms with van der Waals surface area (Å²) < 4.78 is 3.83. The van der Waals surface area contributed by atoms with Crippen LogP contribution >= 0.6 is 102 Å². The average Bonchev–Trinajstić information content (AvgIpc) is 3.74. The Balaban J connectivity index is 1.49. The molecule has 0 amide bonds. The van der Waals surface area contributed by atoms with Crippen molar-refractivity contribution in [2.45, 2.75) is 0 Å². The Labute approximate surface area is 330 Å². The quantitative estimate of drug-likeness (QED) is 0.136. The molecule has 2 aromatic heterocycles. The summed E-state index contributed by atoms with van der Waals surface area (Å²) in [4.78, 5) is 30.4. The van der Waals surface area contributed by atoms with Crippen LogP contribution in [0.15, 0.2) is 78.5 Å². The minimum absolute atomic E-state index is 0.313. The molecule has 0 unspecified atom stereocenters. The molecule has 0 fully saturated rings. The SMILES string of the molecule is Clc1cc2c(cc1Cl)C1=Nc3c4cc(Cl)c(Cl)cc4c4[n]3[Ga]([Cl])[n]3c(c5cc(Cl)c(Cl)cc5c3=NC3=NC(=N4)c4cc(Cl)c(Cl)cc43)=NC2=N1. The van der Waals surface area contributed by atoms with Gasteiger partial charge in [0.1, 0.15) is 0 Å². The second-order valence-electron chi connectivity index (χ2n) is 11.6. The first-order valence-corrected chi connectivity index (χ1v) is 22.8. The van der Waals surface area contributed by atoms with E-state index in [1.54, 1.807) is 48.5 Å². The van der Waals surface area contributed by atoms with E-state index in [1.807, 2.05) is 6.55 Å². The molecule has 0 aliphatic carbocycles. The number of nitrogens with zero attached hydrogens (tertiary/aromatic N) is 8. The number of amidine groups is 4. The molecule has 4 aromatic carbocycles. The van der Waals surface area contributed by atoms with E-state index in [-0.39, 0.29) is 0 Å². The topological polar surface area (TPSA) is 84.0 Å². The first kappa shape index (κ1) is 32.2. The van der Waals surface area contributed by atoms with Crippen LogP contribution in [0.25, 0.3) is 21.5 Å². The van der Waals surface area contributed by atoms with Gasteiger partial charge in [-0.1, -0.05) is 0 Å². The summed E-state index contributed by atoms with van der Waals surface area (Å²) in [6, 6.07) is 13.8. The average molecular weight is 893 g/mol. The molecule has 6 aromatic rings. The molecule has 242 valence electrons. The van der Waals surface area contributed by atoms with Crippen LogP contribution in [0, 0.1) is 0 Å². The molecule has 0 saturated carbocycles. The van der Waals surface area contributed by atoms with Gasteiger partial charge in [0.15, 0.2) is 0 Å². The van der Waals surface area contributed by atoms with Gasteiger partial charge in [0.2, 0.25) is 0 Å². The van der Waals surface area contributed by atoms with Crippen molar-refractivity contribution >= 4 is 175 Å². The second kappa shape index (κ2) is 11.2. The molecule has 50 heavy (non-hydrogen) atoms. The van der Waals surface area contributed by atoms with Crippen LogP contribution in [-0.2, 0) is 0 Å². The van der Waals surface area contributed by atoms with Crippen molar-refractivity contribution in [1.82, 2.24) is 6.55 Å². The molecule has 6 bridgehead atoms. The number of hydrogen-bond acceptors (Lipinski definition) is 6. The number of aliphatic imine (C=N–C) groups is 4. The first-order valence-electron chi connectivity index (χ1n) is 14.4. The molecule has 0 saturated heterocycles. The zero-order chi connectivity index (χ0) is 34.5.